The summed E-state index contributed by atoms with van der Waals surface area (Å²) in [5, 5.41) is 4.84. The van der Waals surface area contributed by atoms with Crippen molar-refractivity contribution in [3.8, 4) is 0 Å². The lowest BCUT2D eigenvalue weighted by molar-refractivity contribution is -0.119. The molecule has 0 aliphatic heterocycles. The zero-order valence-electron chi connectivity index (χ0n) is 10.1. The number of nitrogens with one attached hydrogen (secondary N) is 1. The molecule has 90 valence electrons. The number of Topliss-reactive ketones (excluding diaryl/α,β-unsaturated/α-hetero) is 1. The summed E-state index contributed by atoms with van der Waals surface area (Å²) in [4.78, 5) is 23.5. The van der Waals surface area contributed by atoms with Gasteiger partial charge in [-0.15, -0.1) is 0 Å². The maximum Gasteiger partial charge on any atom is 0.217 e. The van der Waals surface area contributed by atoms with E-state index in [1.54, 1.807) is 0 Å². The fraction of sp³-hybridized carbons (Fsp3) is 0.200. The van der Waals surface area contributed by atoms with Crippen LogP contribution in [0.25, 0.3) is 10.8 Å². The minimum atomic E-state index is -0.428. The first-order chi connectivity index (χ1) is 8.66. The zero-order chi connectivity index (χ0) is 12.7. The fourth-order valence-electron chi connectivity index (χ4n) is 2.66. The Hall–Kier alpha value is -2.16. The quantitative estimate of drug-likeness (QED) is 0.828. The van der Waals surface area contributed by atoms with Gasteiger partial charge < -0.3 is 5.32 Å². The van der Waals surface area contributed by atoms with Gasteiger partial charge in [0.2, 0.25) is 5.91 Å². The van der Waals surface area contributed by atoms with E-state index < -0.39 is 6.04 Å². The van der Waals surface area contributed by atoms with Crippen LogP contribution in [0.5, 0.6) is 0 Å². The summed E-state index contributed by atoms with van der Waals surface area (Å²) in [7, 11) is 0. The summed E-state index contributed by atoms with van der Waals surface area (Å²) in [6.45, 7) is 1.44. The summed E-state index contributed by atoms with van der Waals surface area (Å²) in [5.74, 6) is -0.158. The molecule has 1 aliphatic rings. The lowest BCUT2D eigenvalue weighted by atomic mass is 9.85. The van der Waals surface area contributed by atoms with Gasteiger partial charge in [0.25, 0.3) is 0 Å². The molecular weight excluding hydrogens is 226 g/mol. The first kappa shape index (κ1) is 11.0. The summed E-state index contributed by atoms with van der Waals surface area (Å²) in [6.07, 6.45) is 0.576. The third kappa shape index (κ3) is 1.59. The Morgan fingerprint density at radius 2 is 1.94 bits per heavy atom. The lowest BCUT2D eigenvalue weighted by Gasteiger charge is -2.24. The van der Waals surface area contributed by atoms with Gasteiger partial charge in [0.05, 0.1) is 6.04 Å². The van der Waals surface area contributed by atoms with Gasteiger partial charge in [0, 0.05) is 18.9 Å². The van der Waals surface area contributed by atoms with Gasteiger partial charge in [-0.3, -0.25) is 9.59 Å². The summed E-state index contributed by atoms with van der Waals surface area (Å²) >= 11 is 0. The molecule has 18 heavy (non-hydrogen) atoms. The molecule has 0 radical (unpaired) electrons. The predicted molar refractivity (Wildman–Crippen MR) is 69.6 cm³/mol. The van der Waals surface area contributed by atoms with E-state index in [9.17, 15) is 9.59 Å². The van der Waals surface area contributed by atoms with Crippen LogP contribution < -0.4 is 5.32 Å². The van der Waals surface area contributed by atoms with E-state index in [4.69, 9.17) is 0 Å². The molecule has 0 saturated heterocycles. The topological polar surface area (TPSA) is 46.2 Å². The molecule has 1 N–H and O–H groups in total. The largest absolute Gasteiger partial charge is 0.346 e. The minimum Gasteiger partial charge on any atom is -0.346 e. The van der Waals surface area contributed by atoms with E-state index in [1.807, 2.05) is 36.4 Å². The number of benzene rings is 2. The van der Waals surface area contributed by atoms with Crippen molar-refractivity contribution in [3.63, 3.8) is 0 Å². The second-order valence-corrected chi connectivity index (χ2v) is 4.64. The standard InChI is InChI=1S/C15H13NO2/c1-9(17)16-13-8-11-6-2-4-10-5-3-7-12(14(10)11)15(13)18/h2-7,13H,8H2,1H3,(H,16,17). The maximum atomic E-state index is 12.3. The third-order valence-corrected chi connectivity index (χ3v) is 3.37. The Labute approximate surface area is 105 Å². The Morgan fingerprint density at radius 3 is 2.67 bits per heavy atom. The molecule has 2 aromatic carbocycles. The molecule has 3 heteroatoms. The normalized spacial score (nSPS) is 17.8. The first-order valence-corrected chi connectivity index (χ1v) is 5.99. The van der Waals surface area contributed by atoms with Gasteiger partial charge in [-0.1, -0.05) is 36.4 Å². The van der Waals surface area contributed by atoms with E-state index in [0.717, 1.165) is 16.3 Å². The van der Waals surface area contributed by atoms with Crippen molar-refractivity contribution in [1.29, 1.82) is 0 Å². The molecule has 3 nitrogen and oxygen atoms in total. The molecular formula is C15H13NO2. The van der Waals surface area contributed by atoms with Gasteiger partial charge in [-0.05, 0) is 16.3 Å². The van der Waals surface area contributed by atoms with E-state index in [0.29, 0.717) is 12.0 Å². The van der Waals surface area contributed by atoms with Gasteiger partial charge in [-0.25, -0.2) is 0 Å². The van der Waals surface area contributed by atoms with Crippen molar-refractivity contribution < 1.29 is 9.59 Å². The Morgan fingerprint density at radius 1 is 1.22 bits per heavy atom. The first-order valence-electron chi connectivity index (χ1n) is 5.99. The highest BCUT2D eigenvalue weighted by atomic mass is 16.2. The van der Waals surface area contributed by atoms with Crippen LogP contribution in [0, 0.1) is 0 Å². The highest BCUT2D eigenvalue weighted by Crippen LogP contribution is 2.29. The van der Waals surface area contributed by atoms with Crippen LogP contribution in [-0.4, -0.2) is 17.7 Å². The molecule has 3 rings (SSSR count). The average molecular weight is 239 g/mol. The van der Waals surface area contributed by atoms with Gasteiger partial charge >= 0.3 is 0 Å². The molecule has 0 spiro atoms. The molecule has 1 aliphatic carbocycles. The van der Waals surface area contributed by atoms with Gasteiger partial charge in [0.1, 0.15) is 0 Å². The number of ketones is 1. The highest BCUT2D eigenvalue weighted by molar-refractivity contribution is 6.14. The van der Waals surface area contributed by atoms with Crippen molar-refractivity contribution in [1.82, 2.24) is 5.32 Å². The Bertz CT molecular complexity index is 655. The van der Waals surface area contributed by atoms with Crippen LogP contribution in [0.4, 0.5) is 0 Å². The molecule has 0 bridgehead atoms. The van der Waals surface area contributed by atoms with E-state index in [2.05, 4.69) is 5.32 Å². The van der Waals surface area contributed by atoms with Crippen LogP contribution in [0.1, 0.15) is 22.8 Å². The van der Waals surface area contributed by atoms with Crippen molar-refractivity contribution in [2.75, 3.05) is 0 Å². The molecule has 0 heterocycles. The Balaban J connectivity index is 2.18. The number of carbonyl (C=O) groups is 2. The monoisotopic (exact) mass is 239 g/mol. The average Bonchev–Trinajstić information content (AvgIpc) is 2.35. The van der Waals surface area contributed by atoms with Crippen LogP contribution in [0.2, 0.25) is 0 Å². The highest BCUT2D eigenvalue weighted by Gasteiger charge is 2.28. The summed E-state index contributed by atoms with van der Waals surface area (Å²) < 4.78 is 0. The number of hydrogen-bond donors (Lipinski definition) is 1. The fourth-order valence-corrected chi connectivity index (χ4v) is 2.66. The molecule has 1 unspecified atom stereocenters. The minimum absolute atomic E-state index is 0.00880. The van der Waals surface area contributed by atoms with E-state index in [1.165, 1.54) is 6.92 Å². The third-order valence-electron chi connectivity index (χ3n) is 3.37. The summed E-state index contributed by atoms with van der Waals surface area (Å²) in [6, 6.07) is 11.3. The van der Waals surface area contributed by atoms with Gasteiger partial charge in [0.15, 0.2) is 5.78 Å². The number of hydrogen-bond acceptors (Lipinski definition) is 2. The molecule has 1 atom stereocenters. The molecule has 0 fully saturated rings. The van der Waals surface area contributed by atoms with Crippen LogP contribution >= 0.6 is 0 Å². The molecule has 0 saturated carbocycles. The van der Waals surface area contributed by atoms with Crippen LogP contribution in [0.3, 0.4) is 0 Å². The van der Waals surface area contributed by atoms with E-state index in [-0.39, 0.29) is 11.7 Å². The maximum absolute atomic E-state index is 12.3. The van der Waals surface area contributed by atoms with E-state index >= 15 is 0 Å². The molecule has 2 aromatic rings. The molecule has 0 aromatic heterocycles. The second kappa shape index (κ2) is 3.95. The zero-order valence-corrected chi connectivity index (χ0v) is 10.1. The van der Waals surface area contributed by atoms with Crippen LogP contribution in [0.15, 0.2) is 36.4 Å². The number of rotatable bonds is 1. The van der Waals surface area contributed by atoms with Crippen molar-refractivity contribution in [3.05, 3.63) is 47.5 Å². The lowest BCUT2D eigenvalue weighted by Crippen LogP contribution is -2.43. The van der Waals surface area contributed by atoms with Crippen LogP contribution in [-0.2, 0) is 11.2 Å². The number of amides is 1. The molecule has 1 amide bonds. The number of carbonyl (C=O) groups excluding carboxylic acids is 2. The van der Waals surface area contributed by atoms with Gasteiger partial charge in [-0.2, -0.15) is 0 Å². The second-order valence-electron chi connectivity index (χ2n) is 4.64. The Kier molecular flexibility index (Phi) is 2.40. The predicted octanol–water partition coefficient (Wildman–Crippen LogP) is 2.08. The SMILES string of the molecule is CC(=O)NC1Cc2cccc3cccc(c23)C1=O. The van der Waals surface area contributed by atoms with Crippen molar-refractivity contribution in [2.24, 2.45) is 0 Å². The van der Waals surface area contributed by atoms with Crippen molar-refractivity contribution >= 4 is 22.5 Å². The smallest absolute Gasteiger partial charge is 0.217 e. The van der Waals surface area contributed by atoms with Crippen molar-refractivity contribution in [2.45, 2.75) is 19.4 Å². The summed E-state index contributed by atoms with van der Waals surface area (Å²) in [5.41, 5.74) is 1.84.